The summed E-state index contributed by atoms with van der Waals surface area (Å²) in [6.07, 6.45) is 12.8. The number of hydrogen-bond donors (Lipinski definition) is 1. The Hall–Kier alpha value is -0.110. The molecule has 0 spiro atoms. The molecule has 0 saturated heterocycles. The van der Waals surface area contributed by atoms with Crippen LogP contribution in [-0.4, -0.2) is 11.7 Å². The second-order valence-electron chi connectivity index (χ2n) is 6.16. The average Bonchev–Trinajstić information content (AvgIpc) is 2.28. The first-order chi connectivity index (χ1) is 8.10. The van der Waals surface area contributed by atoms with Gasteiger partial charge in [0.25, 0.3) is 0 Å². The molecule has 0 radical (unpaired) electrons. The highest BCUT2D eigenvalue weighted by Crippen LogP contribution is 2.23. The van der Waals surface area contributed by atoms with E-state index in [2.05, 4.69) is 6.92 Å². The van der Waals surface area contributed by atoms with E-state index in [1.807, 2.05) is 0 Å². The van der Waals surface area contributed by atoms with Crippen molar-refractivity contribution in [2.75, 3.05) is 0 Å². The molecule has 1 rings (SSSR count). The minimum atomic E-state index is -0.624. The Labute approximate surface area is 106 Å². The Morgan fingerprint density at radius 1 is 0.824 bits per heavy atom. The lowest BCUT2D eigenvalue weighted by molar-refractivity contribution is 0.249. The van der Waals surface area contributed by atoms with E-state index in [-0.39, 0.29) is 5.54 Å². The summed E-state index contributed by atoms with van der Waals surface area (Å²) in [5, 5.41) is 0. The van der Waals surface area contributed by atoms with Crippen LogP contribution >= 0.6 is 0 Å². The number of halogens is 1. The number of rotatable bonds is 0. The topological polar surface area (TPSA) is 26.0 Å². The van der Waals surface area contributed by atoms with Crippen molar-refractivity contribution in [2.24, 2.45) is 5.73 Å². The highest BCUT2D eigenvalue weighted by molar-refractivity contribution is 4.79. The Bertz CT molecular complexity index is 191. The predicted molar refractivity (Wildman–Crippen MR) is 72.9 cm³/mol. The monoisotopic (exact) mass is 243 g/mol. The zero-order valence-corrected chi connectivity index (χ0v) is 11.5. The summed E-state index contributed by atoms with van der Waals surface area (Å²) < 4.78 is 13.6. The van der Waals surface area contributed by atoms with Crippen molar-refractivity contribution >= 4 is 0 Å². The summed E-state index contributed by atoms with van der Waals surface area (Å²) in [6.45, 7) is 2.09. The standard InChI is InChI=1S/C15H30FN/c1-15(17)12-9-7-5-3-2-4-6-8-10-14(16)11-13-15/h14H,2-13,17H2,1H3. The third-order valence-corrected chi connectivity index (χ3v) is 4.04. The maximum atomic E-state index is 13.6. The van der Waals surface area contributed by atoms with Crippen LogP contribution in [0.2, 0.25) is 0 Å². The molecular weight excluding hydrogens is 213 g/mol. The third kappa shape index (κ3) is 7.75. The van der Waals surface area contributed by atoms with Gasteiger partial charge in [0.15, 0.2) is 0 Å². The molecule has 1 nitrogen and oxygen atoms in total. The van der Waals surface area contributed by atoms with Gasteiger partial charge in [0.05, 0.1) is 0 Å². The summed E-state index contributed by atoms with van der Waals surface area (Å²) in [7, 11) is 0. The van der Waals surface area contributed by atoms with Crippen LogP contribution in [0.5, 0.6) is 0 Å². The third-order valence-electron chi connectivity index (χ3n) is 4.04. The van der Waals surface area contributed by atoms with Crippen molar-refractivity contribution in [1.29, 1.82) is 0 Å². The van der Waals surface area contributed by atoms with E-state index < -0.39 is 6.17 Å². The summed E-state index contributed by atoms with van der Waals surface area (Å²) in [5.41, 5.74) is 6.08. The van der Waals surface area contributed by atoms with Gasteiger partial charge in [-0.2, -0.15) is 0 Å². The molecule has 1 fully saturated rings. The molecule has 1 saturated carbocycles. The number of alkyl halides is 1. The van der Waals surface area contributed by atoms with Gasteiger partial charge >= 0.3 is 0 Å². The summed E-state index contributed by atoms with van der Waals surface area (Å²) in [4.78, 5) is 0. The molecule has 0 aliphatic heterocycles. The Kier molecular flexibility index (Phi) is 7.10. The molecule has 0 aromatic carbocycles. The van der Waals surface area contributed by atoms with Gasteiger partial charge in [-0.25, -0.2) is 4.39 Å². The van der Waals surface area contributed by atoms with Gasteiger partial charge in [-0.15, -0.1) is 0 Å². The Balaban J connectivity index is 2.32. The fourth-order valence-corrected chi connectivity index (χ4v) is 2.71. The van der Waals surface area contributed by atoms with Gasteiger partial charge in [-0.3, -0.25) is 0 Å². The van der Waals surface area contributed by atoms with E-state index in [1.54, 1.807) is 0 Å². The lowest BCUT2D eigenvalue weighted by Crippen LogP contribution is -2.36. The van der Waals surface area contributed by atoms with E-state index in [4.69, 9.17) is 5.73 Å². The van der Waals surface area contributed by atoms with Gasteiger partial charge < -0.3 is 5.73 Å². The van der Waals surface area contributed by atoms with Gasteiger partial charge in [0.1, 0.15) is 6.17 Å². The van der Waals surface area contributed by atoms with Gasteiger partial charge in [-0.1, -0.05) is 51.4 Å². The zero-order valence-electron chi connectivity index (χ0n) is 11.5. The normalized spacial score (nSPS) is 35.1. The molecule has 0 aromatic heterocycles. The SMILES string of the molecule is CC1(N)CCCCCCCCCCC(F)CC1. The van der Waals surface area contributed by atoms with Crippen LogP contribution in [-0.2, 0) is 0 Å². The van der Waals surface area contributed by atoms with E-state index in [0.29, 0.717) is 6.42 Å². The van der Waals surface area contributed by atoms with Crippen molar-refractivity contribution in [3.63, 3.8) is 0 Å². The van der Waals surface area contributed by atoms with Gasteiger partial charge in [0.2, 0.25) is 0 Å². The van der Waals surface area contributed by atoms with Crippen molar-refractivity contribution in [3.05, 3.63) is 0 Å². The highest BCUT2D eigenvalue weighted by atomic mass is 19.1. The zero-order chi connectivity index (χ0) is 12.6. The molecule has 2 N–H and O–H groups in total. The lowest BCUT2D eigenvalue weighted by atomic mass is 9.88. The first kappa shape index (κ1) is 14.9. The minimum absolute atomic E-state index is 0.144. The van der Waals surface area contributed by atoms with Crippen molar-refractivity contribution in [2.45, 2.75) is 95.7 Å². The molecular formula is C15H30FN. The van der Waals surface area contributed by atoms with Crippen LogP contribution in [0.3, 0.4) is 0 Å². The first-order valence-electron chi connectivity index (χ1n) is 7.53. The molecule has 2 heteroatoms. The highest BCUT2D eigenvalue weighted by Gasteiger charge is 2.20. The molecule has 0 bridgehead atoms. The second-order valence-corrected chi connectivity index (χ2v) is 6.16. The maximum absolute atomic E-state index is 13.6. The molecule has 0 heterocycles. The Morgan fingerprint density at radius 3 is 2.00 bits per heavy atom. The first-order valence-corrected chi connectivity index (χ1v) is 7.53. The summed E-state index contributed by atoms with van der Waals surface area (Å²) >= 11 is 0. The summed E-state index contributed by atoms with van der Waals surface area (Å²) in [6, 6.07) is 0. The van der Waals surface area contributed by atoms with E-state index in [9.17, 15) is 4.39 Å². The summed E-state index contributed by atoms with van der Waals surface area (Å²) in [5.74, 6) is 0. The van der Waals surface area contributed by atoms with Crippen molar-refractivity contribution < 1.29 is 4.39 Å². The molecule has 17 heavy (non-hydrogen) atoms. The fourth-order valence-electron chi connectivity index (χ4n) is 2.71. The van der Waals surface area contributed by atoms with Crippen LogP contribution < -0.4 is 5.73 Å². The molecule has 2 atom stereocenters. The lowest BCUT2D eigenvalue weighted by Gasteiger charge is -2.25. The molecule has 2 unspecified atom stereocenters. The molecule has 0 aromatic rings. The smallest absolute Gasteiger partial charge is 0.100 e. The van der Waals surface area contributed by atoms with Crippen LogP contribution in [0, 0.1) is 0 Å². The van der Waals surface area contributed by atoms with E-state index in [0.717, 1.165) is 25.7 Å². The Morgan fingerprint density at radius 2 is 1.35 bits per heavy atom. The van der Waals surface area contributed by atoms with Crippen molar-refractivity contribution in [1.82, 2.24) is 0 Å². The predicted octanol–water partition coefficient (Wildman–Crippen LogP) is 4.74. The molecule has 1 aliphatic rings. The van der Waals surface area contributed by atoms with Gasteiger partial charge in [0, 0.05) is 5.54 Å². The van der Waals surface area contributed by atoms with E-state index in [1.165, 1.54) is 44.9 Å². The van der Waals surface area contributed by atoms with Crippen LogP contribution in [0.25, 0.3) is 0 Å². The van der Waals surface area contributed by atoms with Crippen molar-refractivity contribution in [3.8, 4) is 0 Å². The van der Waals surface area contributed by atoms with Gasteiger partial charge in [-0.05, 0) is 32.6 Å². The van der Waals surface area contributed by atoms with Crippen LogP contribution in [0.1, 0.15) is 84.0 Å². The molecule has 1 aliphatic carbocycles. The second kappa shape index (κ2) is 8.07. The fraction of sp³-hybridized carbons (Fsp3) is 1.00. The van der Waals surface area contributed by atoms with Crippen LogP contribution in [0.15, 0.2) is 0 Å². The largest absolute Gasteiger partial charge is 0.325 e. The number of nitrogens with two attached hydrogens (primary N) is 1. The molecule has 102 valence electrons. The number of hydrogen-bond acceptors (Lipinski definition) is 1. The van der Waals surface area contributed by atoms with E-state index >= 15 is 0 Å². The minimum Gasteiger partial charge on any atom is -0.325 e. The average molecular weight is 243 g/mol. The maximum Gasteiger partial charge on any atom is 0.100 e. The quantitative estimate of drug-likeness (QED) is 0.653. The molecule has 0 amide bonds. The van der Waals surface area contributed by atoms with Crippen LogP contribution in [0.4, 0.5) is 4.39 Å².